The molecule has 4 unspecified atom stereocenters. The monoisotopic (exact) mass is 453 g/mol. The highest BCUT2D eigenvalue weighted by molar-refractivity contribution is 5.27. The van der Waals surface area contributed by atoms with E-state index in [2.05, 4.69) is 35.3 Å². The summed E-state index contributed by atoms with van der Waals surface area (Å²) in [6.45, 7) is 8.36. The number of likely N-dealkylation sites (tertiary alicyclic amines) is 1. The van der Waals surface area contributed by atoms with Crippen LogP contribution in [0, 0.1) is 17.3 Å². The number of fused-ring (bicyclic) bond motifs is 1. The van der Waals surface area contributed by atoms with Gasteiger partial charge in [-0.2, -0.15) is 0 Å². The Morgan fingerprint density at radius 3 is 2.75 bits per heavy atom. The first-order valence-corrected chi connectivity index (χ1v) is 12.3. The van der Waals surface area contributed by atoms with Gasteiger partial charge in [0, 0.05) is 13.1 Å². The summed E-state index contributed by atoms with van der Waals surface area (Å²) in [5.74, 6) is 1.24. The smallest absolute Gasteiger partial charge is 0.388 e. The standard InChI is InChI=1S/C26H38F3NO2/c1-18-5-6-19(16-24(18)31)7-8-20-4-3-13-25(2)21(9-10-23(20)25)11-14-30-15-12-22(17-30)32-26(27,28)29/h7-8,21-24,31H,1,3-6,9-17H2,2H3/b19-7-,20-8+/t21-,22?,23?,24?,25?/m1/s1. The van der Waals surface area contributed by atoms with Crippen LogP contribution in [-0.4, -0.2) is 48.2 Å². The van der Waals surface area contributed by atoms with Crippen molar-refractivity contribution in [1.29, 1.82) is 0 Å². The number of allylic oxidation sites excluding steroid dienone is 3. The van der Waals surface area contributed by atoms with Crippen molar-refractivity contribution in [3.8, 4) is 0 Å². The van der Waals surface area contributed by atoms with Crippen LogP contribution in [-0.2, 0) is 4.74 Å². The lowest BCUT2D eigenvalue weighted by molar-refractivity contribution is -0.340. The number of nitrogens with zero attached hydrogens (tertiary/aromatic N) is 1. The maximum Gasteiger partial charge on any atom is 0.522 e. The van der Waals surface area contributed by atoms with Crippen molar-refractivity contribution >= 4 is 0 Å². The van der Waals surface area contributed by atoms with Crippen LogP contribution in [0.2, 0.25) is 0 Å². The van der Waals surface area contributed by atoms with Gasteiger partial charge in [-0.3, -0.25) is 4.74 Å². The van der Waals surface area contributed by atoms with Gasteiger partial charge in [0.25, 0.3) is 0 Å². The van der Waals surface area contributed by atoms with Gasteiger partial charge in [-0.05, 0) is 93.6 Å². The topological polar surface area (TPSA) is 32.7 Å². The highest BCUT2D eigenvalue weighted by Crippen LogP contribution is 2.58. The molecular weight excluding hydrogens is 415 g/mol. The summed E-state index contributed by atoms with van der Waals surface area (Å²) in [6.07, 6.45) is 9.13. The summed E-state index contributed by atoms with van der Waals surface area (Å²) in [5.41, 5.74) is 4.13. The van der Waals surface area contributed by atoms with Crippen LogP contribution in [0.3, 0.4) is 0 Å². The summed E-state index contributed by atoms with van der Waals surface area (Å²) in [5, 5.41) is 10.1. The van der Waals surface area contributed by atoms with Gasteiger partial charge in [0.2, 0.25) is 0 Å². The van der Waals surface area contributed by atoms with Crippen LogP contribution in [0.15, 0.2) is 35.5 Å². The van der Waals surface area contributed by atoms with E-state index in [-0.39, 0.29) is 0 Å². The van der Waals surface area contributed by atoms with Crippen LogP contribution < -0.4 is 0 Å². The molecule has 0 radical (unpaired) electrons. The average molecular weight is 454 g/mol. The molecule has 3 aliphatic carbocycles. The quantitative estimate of drug-likeness (QED) is 0.506. The predicted octanol–water partition coefficient (Wildman–Crippen LogP) is 6.16. The van der Waals surface area contributed by atoms with Crippen LogP contribution in [0.5, 0.6) is 0 Å². The van der Waals surface area contributed by atoms with E-state index in [0.29, 0.717) is 43.2 Å². The zero-order chi connectivity index (χ0) is 22.9. The molecule has 1 aliphatic heterocycles. The van der Waals surface area contributed by atoms with Crippen LogP contribution in [0.4, 0.5) is 13.2 Å². The van der Waals surface area contributed by atoms with Crippen molar-refractivity contribution < 1.29 is 23.0 Å². The molecule has 4 aliphatic rings. The van der Waals surface area contributed by atoms with Crippen molar-refractivity contribution in [3.05, 3.63) is 35.5 Å². The molecule has 5 atom stereocenters. The largest absolute Gasteiger partial charge is 0.522 e. The summed E-state index contributed by atoms with van der Waals surface area (Å²) < 4.78 is 41.7. The molecule has 32 heavy (non-hydrogen) atoms. The van der Waals surface area contributed by atoms with Crippen molar-refractivity contribution in [3.63, 3.8) is 0 Å². The second-order valence-electron chi connectivity index (χ2n) is 10.7. The maximum atomic E-state index is 12.5. The zero-order valence-electron chi connectivity index (χ0n) is 19.3. The van der Waals surface area contributed by atoms with Crippen molar-refractivity contribution in [2.45, 2.75) is 89.7 Å². The Kier molecular flexibility index (Phi) is 7.23. The fourth-order valence-corrected chi connectivity index (χ4v) is 6.80. The summed E-state index contributed by atoms with van der Waals surface area (Å²) >= 11 is 0. The number of alkyl halides is 3. The first kappa shape index (κ1) is 24.0. The first-order chi connectivity index (χ1) is 15.1. The SMILES string of the molecule is C=C1CC/C(=C/C=C2\CCCC3(C)C2CC[C@@H]3CCN2CCC(OC(F)(F)F)C2)CC1O. The van der Waals surface area contributed by atoms with Gasteiger partial charge < -0.3 is 10.0 Å². The van der Waals surface area contributed by atoms with Crippen molar-refractivity contribution in [1.82, 2.24) is 4.90 Å². The molecule has 180 valence electrons. The highest BCUT2D eigenvalue weighted by Gasteiger charge is 2.49. The molecule has 3 saturated carbocycles. The van der Waals surface area contributed by atoms with Crippen LogP contribution in [0.25, 0.3) is 0 Å². The molecule has 1 heterocycles. The van der Waals surface area contributed by atoms with Crippen molar-refractivity contribution in [2.75, 3.05) is 19.6 Å². The summed E-state index contributed by atoms with van der Waals surface area (Å²) in [7, 11) is 0. The molecule has 0 spiro atoms. The number of hydrogen-bond acceptors (Lipinski definition) is 3. The van der Waals surface area contributed by atoms with Gasteiger partial charge in [-0.25, -0.2) is 0 Å². The van der Waals surface area contributed by atoms with E-state index < -0.39 is 18.6 Å². The second-order valence-corrected chi connectivity index (χ2v) is 10.7. The number of hydrogen-bond donors (Lipinski definition) is 1. The molecular formula is C26H38F3NO2. The number of ether oxygens (including phenoxy) is 1. The number of aliphatic hydroxyl groups excluding tert-OH is 1. The van der Waals surface area contributed by atoms with Gasteiger partial charge >= 0.3 is 6.36 Å². The van der Waals surface area contributed by atoms with E-state index in [1.165, 1.54) is 31.3 Å². The van der Waals surface area contributed by atoms with Gasteiger partial charge in [0.1, 0.15) is 0 Å². The first-order valence-electron chi connectivity index (χ1n) is 12.3. The second kappa shape index (κ2) is 9.63. The Hall–Kier alpha value is -1.11. The maximum absolute atomic E-state index is 12.5. The number of halogens is 3. The molecule has 3 nitrogen and oxygen atoms in total. The number of aliphatic hydroxyl groups is 1. The molecule has 4 rings (SSSR count). The normalized spacial score (nSPS) is 39.2. The Morgan fingerprint density at radius 2 is 2.00 bits per heavy atom. The van der Waals surface area contributed by atoms with E-state index in [0.717, 1.165) is 37.8 Å². The predicted molar refractivity (Wildman–Crippen MR) is 120 cm³/mol. The third kappa shape index (κ3) is 5.51. The Bertz CT molecular complexity index is 759. The molecule has 6 heteroatoms. The molecule has 1 N–H and O–H groups in total. The molecule has 0 aromatic carbocycles. The fraction of sp³-hybridized carbons (Fsp3) is 0.769. The van der Waals surface area contributed by atoms with Crippen molar-refractivity contribution in [2.24, 2.45) is 17.3 Å². The van der Waals surface area contributed by atoms with Gasteiger partial charge in [-0.15, -0.1) is 13.2 Å². The lowest BCUT2D eigenvalue weighted by atomic mass is 9.63. The molecule has 1 saturated heterocycles. The third-order valence-electron chi connectivity index (χ3n) is 8.71. The molecule has 0 aromatic rings. The van der Waals surface area contributed by atoms with Gasteiger partial charge in [0.05, 0.1) is 12.2 Å². The van der Waals surface area contributed by atoms with Gasteiger partial charge in [-0.1, -0.05) is 36.8 Å². The number of rotatable bonds is 5. The molecule has 0 amide bonds. The lowest BCUT2D eigenvalue weighted by Crippen LogP contribution is -2.35. The van der Waals surface area contributed by atoms with E-state index in [4.69, 9.17) is 0 Å². The van der Waals surface area contributed by atoms with E-state index in [9.17, 15) is 18.3 Å². The summed E-state index contributed by atoms with van der Waals surface area (Å²) in [6, 6.07) is 0. The van der Waals surface area contributed by atoms with E-state index in [1.807, 2.05) is 0 Å². The lowest BCUT2D eigenvalue weighted by Gasteiger charge is -2.43. The van der Waals surface area contributed by atoms with E-state index >= 15 is 0 Å². The fourth-order valence-electron chi connectivity index (χ4n) is 6.80. The zero-order valence-corrected chi connectivity index (χ0v) is 19.3. The molecule has 4 fully saturated rings. The minimum atomic E-state index is -4.53. The molecule has 0 bridgehead atoms. The van der Waals surface area contributed by atoms with Crippen LogP contribution in [0.1, 0.15) is 71.1 Å². The van der Waals surface area contributed by atoms with Crippen LogP contribution >= 0.6 is 0 Å². The Morgan fingerprint density at radius 1 is 1.19 bits per heavy atom. The average Bonchev–Trinajstić information content (AvgIpc) is 3.29. The minimum Gasteiger partial charge on any atom is -0.388 e. The third-order valence-corrected chi connectivity index (χ3v) is 8.71. The molecule has 0 aromatic heterocycles. The summed E-state index contributed by atoms with van der Waals surface area (Å²) in [4.78, 5) is 2.15. The highest BCUT2D eigenvalue weighted by atomic mass is 19.4. The Labute approximate surface area is 190 Å². The van der Waals surface area contributed by atoms with E-state index in [1.54, 1.807) is 5.57 Å². The van der Waals surface area contributed by atoms with Gasteiger partial charge in [0.15, 0.2) is 0 Å². The Balaban J connectivity index is 1.33. The minimum absolute atomic E-state index is 0.296.